The van der Waals surface area contributed by atoms with Crippen molar-refractivity contribution in [3.8, 4) is 0 Å². The molecular weight excluding hydrogens is 266 g/mol. The van der Waals surface area contributed by atoms with Crippen molar-refractivity contribution in [2.75, 3.05) is 18.1 Å². The minimum absolute atomic E-state index is 0.160. The van der Waals surface area contributed by atoms with Crippen molar-refractivity contribution >= 4 is 23.2 Å². The zero-order valence-electron chi connectivity index (χ0n) is 11.9. The summed E-state index contributed by atoms with van der Waals surface area (Å²) < 4.78 is 0. The summed E-state index contributed by atoms with van der Waals surface area (Å²) in [5, 5.41) is 5.37. The Morgan fingerprint density at radius 1 is 1.00 bits per heavy atom. The maximum absolute atomic E-state index is 12.1. The van der Waals surface area contributed by atoms with Crippen LogP contribution >= 0.6 is 0 Å². The summed E-state index contributed by atoms with van der Waals surface area (Å²) in [4.78, 5) is 23.7. The number of nitrogens with one attached hydrogen (secondary N) is 2. The lowest BCUT2D eigenvalue weighted by atomic mass is 10.1. The molecule has 0 saturated carbocycles. The molecule has 2 rings (SSSR count). The first-order valence-corrected chi connectivity index (χ1v) is 6.51. The third kappa shape index (κ3) is 3.39. The van der Waals surface area contributed by atoms with E-state index in [9.17, 15) is 9.59 Å². The molecule has 0 aliphatic heterocycles. The number of aryl methyl sites for hydroxylation is 1. The summed E-state index contributed by atoms with van der Waals surface area (Å²) in [5.74, 6) is -0.398. The Morgan fingerprint density at radius 2 is 1.71 bits per heavy atom. The van der Waals surface area contributed by atoms with Crippen molar-refractivity contribution in [3.63, 3.8) is 0 Å². The first-order chi connectivity index (χ1) is 10.0. The molecule has 0 atom stereocenters. The number of amides is 2. The van der Waals surface area contributed by atoms with E-state index in [-0.39, 0.29) is 11.8 Å². The topological polar surface area (TPSA) is 84.2 Å². The summed E-state index contributed by atoms with van der Waals surface area (Å²) in [6.45, 7) is 1.83. The van der Waals surface area contributed by atoms with Gasteiger partial charge in [0.2, 0.25) is 0 Å². The number of nitrogens with two attached hydrogens (primary N) is 1. The number of nitrogen functional groups attached to an aromatic ring is 1. The standard InChI is InChI=1S/C16H17N3O2/c1-10-8-12(15(20)18-2)6-7-14(10)19-16(21)11-4-3-5-13(17)9-11/h3-9H,17H2,1-2H3,(H,18,20)(H,19,21). The van der Waals surface area contributed by atoms with Crippen molar-refractivity contribution in [3.05, 3.63) is 59.2 Å². The van der Waals surface area contributed by atoms with Crippen LogP contribution in [0.4, 0.5) is 11.4 Å². The lowest BCUT2D eigenvalue weighted by Gasteiger charge is -2.10. The summed E-state index contributed by atoms with van der Waals surface area (Å²) >= 11 is 0. The molecule has 0 heterocycles. The second kappa shape index (κ2) is 6.09. The molecule has 0 fully saturated rings. The fraction of sp³-hybridized carbons (Fsp3) is 0.125. The van der Waals surface area contributed by atoms with Crippen LogP contribution in [-0.2, 0) is 0 Å². The van der Waals surface area contributed by atoms with Gasteiger partial charge in [-0.1, -0.05) is 6.07 Å². The molecule has 2 aromatic carbocycles. The normalized spacial score (nSPS) is 10.0. The number of hydrogen-bond acceptors (Lipinski definition) is 3. The van der Waals surface area contributed by atoms with Crippen LogP contribution in [0.15, 0.2) is 42.5 Å². The number of anilines is 2. The molecule has 0 radical (unpaired) electrons. The fourth-order valence-corrected chi connectivity index (χ4v) is 1.96. The van der Waals surface area contributed by atoms with Crippen LogP contribution in [0.3, 0.4) is 0 Å². The van der Waals surface area contributed by atoms with Crippen LogP contribution in [0.1, 0.15) is 26.3 Å². The van der Waals surface area contributed by atoms with Gasteiger partial charge in [0.15, 0.2) is 0 Å². The smallest absolute Gasteiger partial charge is 0.255 e. The summed E-state index contributed by atoms with van der Waals surface area (Å²) in [6, 6.07) is 11.9. The van der Waals surface area contributed by atoms with E-state index in [1.165, 1.54) is 0 Å². The van der Waals surface area contributed by atoms with Gasteiger partial charge in [0.05, 0.1) is 0 Å². The van der Waals surface area contributed by atoms with E-state index in [0.29, 0.717) is 22.5 Å². The van der Waals surface area contributed by atoms with Gasteiger partial charge >= 0.3 is 0 Å². The van der Waals surface area contributed by atoms with Gasteiger partial charge in [0.1, 0.15) is 0 Å². The Hall–Kier alpha value is -2.82. The van der Waals surface area contributed by atoms with Crippen molar-refractivity contribution in [2.24, 2.45) is 0 Å². The highest BCUT2D eigenvalue weighted by atomic mass is 16.2. The van der Waals surface area contributed by atoms with Crippen molar-refractivity contribution in [2.45, 2.75) is 6.92 Å². The molecule has 0 aliphatic carbocycles. The lowest BCUT2D eigenvalue weighted by molar-refractivity contribution is 0.0962. The largest absolute Gasteiger partial charge is 0.399 e. The maximum atomic E-state index is 12.1. The van der Waals surface area contributed by atoms with E-state index in [1.807, 2.05) is 6.92 Å². The van der Waals surface area contributed by atoms with E-state index in [2.05, 4.69) is 10.6 Å². The van der Waals surface area contributed by atoms with E-state index in [1.54, 1.807) is 49.5 Å². The van der Waals surface area contributed by atoms with E-state index >= 15 is 0 Å². The van der Waals surface area contributed by atoms with Crippen molar-refractivity contribution < 1.29 is 9.59 Å². The van der Waals surface area contributed by atoms with Gasteiger partial charge in [-0.3, -0.25) is 9.59 Å². The first kappa shape index (κ1) is 14.6. The molecule has 4 N–H and O–H groups in total. The van der Waals surface area contributed by atoms with Crippen LogP contribution in [0.25, 0.3) is 0 Å². The van der Waals surface area contributed by atoms with Gasteiger partial charge in [-0.2, -0.15) is 0 Å². The van der Waals surface area contributed by atoms with Gasteiger partial charge in [0.25, 0.3) is 11.8 Å². The third-order valence-corrected chi connectivity index (χ3v) is 3.11. The van der Waals surface area contributed by atoms with Gasteiger partial charge in [-0.05, 0) is 48.9 Å². The monoisotopic (exact) mass is 283 g/mol. The van der Waals surface area contributed by atoms with Crippen LogP contribution in [0.2, 0.25) is 0 Å². The fourth-order valence-electron chi connectivity index (χ4n) is 1.96. The highest BCUT2D eigenvalue weighted by Gasteiger charge is 2.10. The molecule has 0 unspecified atom stereocenters. The zero-order valence-corrected chi connectivity index (χ0v) is 11.9. The van der Waals surface area contributed by atoms with E-state index < -0.39 is 0 Å². The molecule has 0 spiro atoms. The summed E-state index contributed by atoms with van der Waals surface area (Å²) in [7, 11) is 1.58. The van der Waals surface area contributed by atoms with Crippen LogP contribution in [-0.4, -0.2) is 18.9 Å². The van der Waals surface area contributed by atoms with Crippen molar-refractivity contribution in [1.82, 2.24) is 5.32 Å². The second-order valence-corrected chi connectivity index (χ2v) is 4.69. The quantitative estimate of drug-likeness (QED) is 0.755. The highest BCUT2D eigenvalue weighted by Crippen LogP contribution is 2.18. The maximum Gasteiger partial charge on any atom is 0.255 e. The molecule has 0 bridgehead atoms. The minimum Gasteiger partial charge on any atom is -0.399 e. The molecule has 5 heteroatoms. The molecule has 0 saturated heterocycles. The Labute approximate surface area is 123 Å². The number of carbonyl (C=O) groups is 2. The Balaban J connectivity index is 2.20. The van der Waals surface area contributed by atoms with Crippen LogP contribution in [0.5, 0.6) is 0 Å². The molecule has 2 amide bonds. The average molecular weight is 283 g/mol. The first-order valence-electron chi connectivity index (χ1n) is 6.51. The number of rotatable bonds is 3. The molecule has 21 heavy (non-hydrogen) atoms. The SMILES string of the molecule is CNC(=O)c1ccc(NC(=O)c2cccc(N)c2)c(C)c1. The lowest BCUT2D eigenvalue weighted by Crippen LogP contribution is -2.18. The predicted octanol–water partition coefficient (Wildman–Crippen LogP) is 2.19. The molecule has 5 nitrogen and oxygen atoms in total. The summed E-state index contributed by atoms with van der Waals surface area (Å²) in [5.41, 5.74) is 8.72. The number of carbonyl (C=O) groups excluding carboxylic acids is 2. The third-order valence-electron chi connectivity index (χ3n) is 3.11. The zero-order chi connectivity index (χ0) is 15.4. The molecular formula is C16H17N3O2. The summed E-state index contributed by atoms with van der Waals surface area (Å²) in [6.07, 6.45) is 0. The molecule has 2 aromatic rings. The molecule has 0 aromatic heterocycles. The molecule has 0 aliphatic rings. The van der Waals surface area contributed by atoms with Gasteiger partial charge in [-0.15, -0.1) is 0 Å². The van der Waals surface area contributed by atoms with Crippen molar-refractivity contribution in [1.29, 1.82) is 0 Å². The van der Waals surface area contributed by atoms with E-state index in [0.717, 1.165) is 5.56 Å². The predicted molar refractivity (Wildman–Crippen MR) is 83.4 cm³/mol. The minimum atomic E-state index is -0.238. The number of benzene rings is 2. The molecule has 108 valence electrons. The highest BCUT2D eigenvalue weighted by molar-refractivity contribution is 6.05. The number of hydrogen-bond donors (Lipinski definition) is 3. The van der Waals surface area contributed by atoms with Gasteiger partial charge in [0, 0.05) is 29.5 Å². The average Bonchev–Trinajstić information content (AvgIpc) is 2.48. The second-order valence-electron chi connectivity index (χ2n) is 4.69. The van der Waals surface area contributed by atoms with Gasteiger partial charge in [-0.25, -0.2) is 0 Å². The van der Waals surface area contributed by atoms with Crippen LogP contribution < -0.4 is 16.4 Å². The Morgan fingerprint density at radius 3 is 2.33 bits per heavy atom. The Bertz CT molecular complexity index is 696. The van der Waals surface area contributed by atoms with E-state index in [4.69, 9.17) is 5.73 Å². The van der Waals surface area contributed by atoms with Gasteiger partial charge < -0.3 is 16.4 Å². The van der Waals surface area contributed by atoms with Crippen LogP contribution in [0, 0.1) is 6.92 Å². The Kier molecular flexibility index (Phi) is 4.23.